The van der Waals surface area contributed by atoms with Gasteiger partial charge in [0, 0.05) is 31.5 Å². The summed E-state index contributed by atoms with van der Waals surface area (Å²) in [5, 5.41) is 3.35. The van der Waals surface area contributed by atoms with Crippen molar-refractivity contribution in [3.8, 4) is 0 Å². The second kappa shape index (κ2) is 8.29. The van der Waals surface area contributed by atoms with Gasteiger partial charge in [-0.3, -0.25) is 9.88 Å². The predicted octanol–water partition coefficient (Wildman–Crippen LogP) is 2.25. The molecule has 7 nitrogen and oxygen atoms in total. The van der Waals surface area contributed by atoms with Crippen molar-refractivity contribution < 1.29 is 18.7 Å². The number of rotatable bonds is 4. The molecule has 1 aromatic heterocycles. The number of carbonyl (C=O) groups is 1. The molecule has 1 unspecified atom stereocenters. The van der Waals surface area contributed by atoms with E-state index in [1.807, 2.05) is 24.3 Å². The van der Waals surface area contributed by atoms with Crippen LogP contribution in [0.4, 0.5) is 4.39 Å². The molecule has 1 atom stereocenters. The Labute approximate surface area is 185 Å². The average Bonchev–Trinajstić information content (AvgIpc) is 3.17. The smallest absolute Gasteiger partial charge is 0.338 e. The van der Waals surface area contributed by atoms with Gasteiger partial charge in [-0.2, -0.15) is 0 Å². The third kappa shape index (κ3) is 3.51. The van der Waals surface area contributed by atoms with Crippen LogP contribution in [0.1, 0.15) is 16.8 Å². The molecule has 3 aliphatic rings. The Morgan fingerprint density at radius 1 is 1.28 bits per heavy atom. The number of hydrogen-bond acceptors (Lipinski definition) is 7. The van der Waals surface area contributed by atoms with Crippen molar-refractivity contribution in [2.45, 2.75) is 5.54 Å². The molecule has 5 rings (SSSR count). The summed E-state index contributed by atoms with van der Waals surface area (Å²) >= 11 is 0. The second-order valence-corrected chi connectivity index (χ2v) is 7.87. The molecule has 1 N–H and O–H groups in total. The van der Waals surface area contributed by atoms with E-state index in [9.17, 15) is 9.18 Å². The van der Waals surface area contributed by atoms with Crippen LogP contribution in [-0.2, 0) is 19.8 Å². The fraction of sp³-hybridized carbons (Fsp3) is 0.292. The van der Waals surface area contributed by atoms with Gasteiger partial charge in [-0.25, -0.2) is 14.2 Å². The first-order chi connectivity index (χ1) is 15.6. The van der Waals surface area contributed by atoms with Gasteiger partial charge in [0.1, 0.15) is 17.1 Å². The topological polar surface area (TPSA) is 76.0 Å². The minimum atomic E-state index is -1.13. The lowest BCUT2D eigenvalue weighted by atomic mass is 9.82. The van der Waals surface area contributed by atoms with Crippen LogP contribution in [0.5, 0.6) is 0 Å². The van der Waals surface area contributed by atoms with Crippen LogP contribution < -0.4 is 5.32 Å². The summed E-state index contributed by atoms with van der Waals surface area (Å²) in [5.41, 5.74) is 2.02. The fourth-order valence-corrected chi connectivity index (χ4v) is 4.44. The van der Waals surface area contributed by atoms with Gasteiger partial charge in [-0.1, -0.05) is 18.2 Å². The molecule has 2 aliphatic heterocycles. The first kappa shape index (κ1) is 20.5. The zero-order valence-electron chi connectivity index (χ0n) is 17.7. The summed E-state index contributed by atoms with van der Waals surface area (Å²) in [4.78, 5) is 24.8. The number of morpholine rings is 1. The van der Waals surface area contributed by atoms with E-state index in [0.29, 0.717) is 48.1 Å². The predicted molar refractivity (Wildman–Crippen MR) is 117 cm³/mol. The second-order valence-electron chi connectivity index (χ2n) is 7.87. The maximum Gasteiger partial charge on any atom is 0.338 e. The van der Waals surface area contributed by atoms with Gasteiger partial charge >= 0.3 is 5.97 Å². The zero-order chi connectivity index (χ0) is 22.1. The number of halogens is 1. The highest BCUT2D eigenvalue weighted by Crippen LogP contribution is 2.46. The largest absolute Gasteiger partial charge is 0.466 e. The molecule has 32 heavy (non-hydrogen) atoms. The van der Waals surface area contributed by atoms with E-state index in [0.717, 1.165) is 18.7 Å². The highest BCUT2D eigenvalue weighted by molar-refractivity contribution is 6.04. The lowest BCUT2D eigenvalue weighted by Gasteiger charge is -2.36. The average molecular weight is 434 g/mol. The number of benzene rings is 1. The highest BCUT2D eigenvalue weighted by atomic mass is 19.1. The number of carbonyl (C=O) groups excluding carboxylic acids is 1. The number of esters is 1. The lowest BCUT2D eigenvalue weighted by Crippen LogP contribution is -2.47. The summed E-state index contributed by atoms with van der Waals surface area (Å²) in [6.07, 6.45) is 5.34. The maximum atomic E-state index is 14.0. The Kier molecular flexibility index (Phi) is 5.32. The quantitative estimate of drug-likeness (QED) is 0.744. The first-order valence-corrected chi connectivity index (χ1v) is 10.5. The number of nitrogens with zero attached hydrogens (tertiary/aromatic N) is 3. The van der Waals surface area contributed by atoms with Crippen molar-refractivity contribution >= 4 is 17.9 Å². The Bertz CT molecular complexity index is 1140. The minimum Gasteiger partial charge on any atom is -0.466 e. The number of aliphatic imine (C=N–C) groups is 1. The summed E-state index contributed by atoms with van der Waals surface area (Å²) in [7, 11) is 1.36. The van der Waals surface area contributed by atoms with Gasteiger partial charge in [0.2, 0.25) is 0 Å². The van der Waals surface area contributed by atoms with Gasteiger partial charge in [0.25, 0.3) is 0 Å². The van der Waals surface area contributed by atoms with E-state index in [1.165, 1.54) is 19.2 Å². The number of aromatic nitrogens is 1. The zero-order valence-corrected chi connectivity index (χ0v) is 17.7. The van der Waals surface area contributed by atoms with Crippen LogP contribution in [0.2, 0.25) is 0 Å². The van der Waals surface area contributed by atoms with Gasteiger partial charge in [-0.15, -0.1) is 0 Å². The summed E-state index contributed by atoms with van der Waals surface area (Å²) in [5.74, 6) is -0.278. The molecule has 0 amide bonds. The molecule has 1 aliphatic carbocycles. The van der Waals surface area contributed by atoms with Crippen LogP contribution in [-0.4, -0.2) is 61.6 Å². The van der Waals surface area contributed by atoms with Crippen molar-refractivity contribution in [3.05, 3.63) is 82.6 Å². The fourth-order valence-electron chi connectivity index (χ4n) is 4.44. The molecular weight excluding hydrogens is 411 g/mol. The SMILES string of the molecule is COC(=O)C1=C(CN2CCOCC2)NC(c2ccccn2)=NC12C=Cc1cc(F)ccc12. The summed E-state index contributed by atoms with van der Waals surface area (Å²) in [6, 6.07) is 10.1. The van der Waals surface area contributed by atoms with E-state index >= 15 is 0 Å². The van der Waals surface area contributed by atoms with Crippen LogP contribution in [0.15, 0.2) is 64.9 Å². The standard InChI is InChI=1S/C24H23FN4O3/c1-31-23(30)21-20(15-29-10-12-32-13-11-29)27-22(19-4-2-3-9-26-19)28-24(21)8-7-16-14-17(25)5-6-18(16)24/h2-9,14H,10-13,15H2,1H3,(H,27,28). The van der Waals surface area contributed by atoms with Crippen LogP contribution in [0.3, 0.4) is 0 Å². The third-order valence-electron chi connectivity index (χ3n) is 5.95. The minimum absolute atomic E-state index is 0.342. The number of ether oxygens (including phenoxy) is 2. The molecule has 1 fully saturated rings. The molecule has 0 radical (unpaired) electrons. The molecule has 2 aromatic rings. The molecule has 8 heteroatoms. The molecule has 1 saturated heterocycles. The third-order valence-corrected chi connectivity index (χ3v) is 5.95. The van der Waals surface area contributed by atoms with Crippen LogP contribution in [0, 0.1) is 5.82 Å². The van der Waals surface area contributed by atoms with Crippen molar-refractivity contribution in [2.75, 3.05) is 40.0 Å². The van der Waals surface area contributed by atoms with E-state index in [2.05, 4.69) is 15.2 Å². The Hall–Kier alpha value is -3.36. The Balaban J connectivity index is 1.69. The Morgan fingerprint density at radius 2 is 2.12 bits per heavy atom. The van der Waals surface area contributed by atoms with Crippen molar-refractivity contribution in [3.63, 3.8) is 0 Å². The molecule has 1 spiro atoms. The van der Waals surface area contributed by atoms with Crippen molar-refractivity contribution in [2.24, 2.45) is 4.99 Å². The maximum absolute atomic E-state index is 14.0. The van der Waals surface area contributed by atoms with Gasteiger partial charge < -0.3 is 14.8 Å². The van der Waals surface area contributed by atoms with Crippen LogP contribution >= 0.6 is 0 Å². The summed E-state index contributed by atoms with van der Waals surface area (Å²) < 4.78 is 24.6. The first-order valence-electron chi connectivity index (χ1n) is 10.5. The summed E-state index contributed by atoms with van der Waals surface area (Å²) in [6.45, 7) is 3.26. The molecule has 164 valence electrons. The Morgan fingerprint density at radius 3 is 2.88 bits per heavy atom. The van der Waals surface area contributed by atoms with Gasteiger partial charge in [0.15, 0.2) is 5.84 Å². The normalized spacial score (nSPS) is 22.5. The molecule has 0 saturated carbocycles. The number of nitrogens with one attached hydrogen (secondary N) is 1. The van der Waals surface area contributed by atoms with E-state index in [-0.39, 0.29) is 5.82 Å². The molecule has 3 heterocycles. The number of pyridine rings is 1. The van der Waals surface area contributed by atoms with E-state index in [4.69, 9.17) is 14.5 Å². The van der Waals surface area contributed by atoms with Gasteiger partial charge in [-0.05, 0) is 41.5 Å². The van der Waals surface area contributed by atoms with Crippen molar-refractivity contribution in [1.29, 1.82) is 0 Å². The molecular formula is C24H23FN4O3. The van der Waals surface area contributed by atoms with Crippen LogP contribution in [0.25, 0.3) is 6.08 Å². The molecule has 1 aromatic carbocycles. The molecule has 0 bridgehead atoms. The lowest BCUT2D eigenvalue weighted by molar-refractivity contribution is -0.136. The van der Waals surface area contributed by atoms with E-state index < -0.39 is 11.5 Å². The number of methoxy groups -OCH3 is 1. The highest BCUT2D eigenvalue weighted by Gasteiger charge is 2.47. The number of hydrogen-bond donors (Lipinski definition) is 1. The number of fused-ring (bicyclic) bond motifs is 2. The van der Waals surface area contributed by atoms with Gasteiger partial charge in [0.05, 0.1) is 25.9 Å². The van der Waals surface area contributed by atoms with E-state index in [1.54, 1.807) is 18.3 Å². The monoisotopic (exact) mass is 434 g/mol. The van der Waals surface area contributed by atoms with Crippen molar-refractivity contribution in [1.82, 2.24) is 15.2 Å². The number of amidine groups is 1.